The van der Waals surface area contributed by atoms with Crippen LogP contribution in [0.4, 0.5) is 40.8 Å². The summed E-state index contributed by atoms with van der Waals surface area (Å²) in [7, 11) is 0. The molecule has 0 saturated carbocycles. The van der Waals surface area contributed by atoms with Crippen molar-refractivity contribution < 1.29 is 44.7 Å². The molecule has 0 amide bonds. The molecular weight excluding hydrogens is 394 g/mol. The zero-order chi connectivity index (χ0) is 20.5. The molecule has 0 N–H and O–H groups in total. The minimum Gasteiger partial charge on any atom is -0.457 e. The van der Waals surface area contributed by atoms with Gasteiger partial charge in [-0.05, 0) is 17.3 Å². The molecule has 4 nitrogen and oxygen atoms in total. The number of alkyl halides is 3. The van der Waals surface area contributed by atoms with Crippen LogP contribution in [0.25, 0.3) is 0 Å². The van der Waals surface area contributed by atoms with Crippen LogP contribution in [0.1, 0.15) is 21.5 Å². The highest BCUT2D eigenvalue weighted by molar-refractivity contribution is 5.90. The molecule has 2 rings (SSSR count). The zero-order valence-electron chi connectivity index (χ0n) is 12.6. The number of carbonyl (C=O) groups is 1. The van der Waals surface area contributed by atoms with E-state index in [0.29, 0.717) is 6.07 Å². The molecule has 2 aromatic rings. The smallest absolute Gasteiger partial charge is 0.416 e. The van der Waals surface area contributed by atoms with E-state index in [4.69, 9.17) is 0 Å². The topological polar surface area (TPSA) is 55.7 Å². The van der Waals surface area contributed by atoms with Gasteiger partial charge in [-0.15, -0.1) is 4.91 Å². The van der Waals surface area contributed by atoms with Crippen molar-refractivity contribution in [3.63, 3.8) is 0 Å². The Kier molecular flexibility index (Phi) is 5.47. The second kappa shape index (κ2) is 7.29. The lowest BCUT2D eigenvalue weighted by atomic mass is 10.1. The largest absolute Gasteiger partial charge is 0.457 e. The molecule has 12 heteroatoms. The van der Waals surface area contributed by atoms with Crippen molar-refractivity contribution in [3.8, 4) is 0 Å². The number of rotatable bonds is 4. The molecule has 0 heterocycles. The second-order valence-corrected chi connectivity index (χ2v) is 4.91. The van der Waals surface area contributed by atoms with Gasteiger partial charge in [-0.3, -0.25) is 0 Å². The fourth-order valence-electron chi connectivity index (χ4n) is 2.07. The Bertz CT molecular complexity index is 897. The van der Waals surface area contributed by atoms with Crippen molar-refractivity contribution in [2.75, 3.05) is 0 Å². The van der Waals surface area contributed by atoms with Crippen LogP contribution < -0.4 is 0 Å². The summed E-state index contributed by atoms with van der Waals surface area (Å²) in [6.07, 6.45) is -5.01. The number of halogens is 8. The summed E-state index contributed by atoms with van der Waals surface area (Å²) < 4.78 is 109. The van der Waals surface area contributed by atoms with Gasteiger partial charge in [0.1, 0.15) is 17.9 Å². The molecule has 0 bridgehead atoms. The summed E-state index contributed by atoms with van der Waals surface area (Å²) in [5.41, 5.74) is -5.19. The molecule has 0 saturated heterocycles. The zero-order valence-corrected chi connectivity index (χ0v) is 12.6. The molecular formula is C15H5F8NO3. The summed E-state index contributed by atoms with van der Waals surface area (Å²) in [5.74, 6) is -14.6. The third-order valence-electron chi connectivity index (χ3n) is 3.32. The normalized spacial score (nSPS) is 11.4. The quantitative estimate of drug-likeness (QED) is 0.235. The predicted molar refractivity (Wildman–Crippen MR) is 72.3 cm³/mol. The highest BCUT2D eigenvalue weighted by atomic mass is 19.4. The Labute approximate surface area is 144 Å². The molecule has 0 atom stereocenters. The minimum atomic E-state index is -5.01. The van der Waals surface area contributed by atoms with Crippen LogP contribution in [-0.2, 0) is 17.5 Å². The van der Waals surface area contributed by atoms with Crippen LogP contribution >= 0.6 is 0 Å². The minimum absolute atomic E-state index is 0.510. The van der Waals surface area contributed by atoms with Crippen LogP contribution in [0.3, 0.4) is 0 Å². The molecule has 0 fully saturated rings. The van der Waals surface area contributed by atoms with Crippen molar-refractivity contribution >= 4 is 11.7 Å². The van der Waals surface area contributed by atoms with Crippen molar-refractivity contribution in [2.45, 2.75) is 12.8 Å². The van der Waals surface area contributed by atoms with E-state index in [1.807, 2.05) is 0 Å². The summed E-state index contributed by atoms with van der Waals surface area (Å²) in [6.45, 7) is -1.37. The van der Waals surface area contributed by atoms with Crippen LogP contribution in [0, 0.1) is 34.0 Å². The Morgan fingerprint density at radius 2 is 1.44 bits per heavy atom. The Morgan fingerprint density at radius 3 is 1.93 bits per heavy atom. The number of ether oxygens (including phenoxy) is 1. The highest BCUT2D eigenvalue weighted by Gasteiger charge is 2.36. The monoisotopic (exact) mass is 399 g/mol. The summed E-state index contributed by atoms with van der Waals surface area (Å²) in [4.78, 5) is 22.3. The first-order chi connectivity index (χ1) is 12.5. The summed E-state index contributed by atoms with van der Waals surface area (Å²) >= 11 is 0. The standard InChI is InChI=1S/C15H5F8NO3/c16-9-8(10(17)12(19)13(20)11(9)18)14(25)27-4-5-6(15(21,22)23)2-1-3-7(5)24-26/h1-3H,4H2. The van der Waals surface area contributed by atoms with Gasteiger partial charge in [0.15, 0.2) is 23.3 Å². The lowest BCUT2D eigenvalue weighted by Crippen LogP contribution is -2.16. The Hall–Kier alpha value is -3.05. The SMILES string of the molecule is O=Nc1cccc(C(F)(F)F)c1COC(=O)c1c(F)c(F)c(F)c(F)c1F. The fraction of sp³-hybridized carbons (Fsp3) is 0.133. The third kappa shape index (κ3) is 3.73. The maximum atomic E-state index is 13.5. The first-order valence-corrected chi connectivity index (χ1v) is 6.71. The number of hydrogen-bond acceptors (Lipinski definition) is 4. The van der Waals surface area contributed by atoms with Gasteiger partial charge in [0.2, 0.25) is 5.82 Å². The van der Waals surface area contributed by atoms with Crippen LogP contribution in [0.5, 0.6) is 0 Å². The van der Waals surface area contributed by atoms with Gasteiger partial charge >= 0.3 is 12.1 Å². The fourth-order valence-corrected chi connectivity index (χ4v) is 2.07. The van der Waals surface area contributed by atoms with Crippen LogP contribution in [-0.4, -0.2) is 5.97 Å². The Balaban J connectivity index is 2.42. The average molecular weight is 399 g/mol. The van der Waals surface area contributed by atoms with Crippen molar-refractivity contribution in [1.29, 1.82) is 0 Å². The summed E-state index contributed by atoms with van der Waals surface area (Å²) in [5, 5.41) is 2.31. The third-order valence-corrected chi connectivity index (χ3v) is 3.32. The van der Waals surface area contributed by atoms with E-state index in [9.17, 15) is 44.8 Å². The van der Waals surface area contributed by atoms with Gasteiger partial charge < -0.3 is 4.74 Å². The first kappa shape index (κ1) is 20.3. The van der Waals surface area contributed by atoms with Gasteiger partial charge in [-0.2, -0.15) is 13.2 Å². The molecule has 0 radical (unpaired) electrons. The lowest BCUT2D eigenvalue weighted by Gasteiger charge is -2.14. The van der Waals surface area contributed by atoms with Gasteiger partial charge in [0.05, 0.1) is 5.56 Å². The molecule has 0 aliphatic carbocycles. The average Bonchev–Trinajstić information content (AvgIpc) is 2.62. The van der Waals surface area contributed by atoms with Crippen molar-refractivity contribution in [3.05, 3.63) is 68.9 Å². The van der Waals surface area contributed by atoms with Crippen molar-refractivity contribution in [2.24, 2.45) is 5.18 Å². The number of benzene rings is 2. The Morgan fingerprint density at radius 1 is 0.926 bits per heavy atom. The van der Waals surface area contributed by atoms with E-state index in [0.717, 1.165) is 12.1 Å². The number of nitroso groups, excluding NO2 is 1. The number of nitrogens with zero attached hydrogens (tertiary/aromatic N) is 1. The van der Waals surface area contributed by atoms with E-state index in [-0.39, 0.29) is 0 Å². The second-order valence-electron chi connectivity index (χ2n) is 4.91. The molecule has 2 aromatic carbocycles. The number of carbonyl (C=O) groups excluding carboxylic acids is 1. The lowest BCUT2D eigenvalue weighted by molar-refractivity contribution is -0.138. The molecule has 144 valence electrons. The molecule has 0 aliphatic rings. The van der Waals surface area contributed by atoms with E-state index in [1.54, 1.807) is 0 Å². The van der Waals surface area contributed by atoms with Crippen LogP contribution in [0.2, 0.25) is 0 Å². The predicted octanol–water partition coefficient (Wildman–Crippen LogP) is 5.16. The number of hydrogen-bond donors (Lipinski definition) is 0. The maximum Gasteiger partial charge on any atom is 0.416 e. The van der Waals surface area contributed by atoms with E-state index < -0.39 is 70.2 Å². The molecule has 0 aromatic heterocycles. The van der Waals surface area contributed by atoms with Crippen molar-refractivity contribution in [1.82, 2.24) is 0 Å². The highest BCUT2D eigenvalue weighted by Crippen LogP contribution is 2.36. The van der Waals surface area contributed by atoms with E-state index in [2.05, 4.69) is 9.91 Å². The molecule has 0 aliphatic heterocycles. The van der Waals surface area contributed by atoms with Gasteiger partial charge in [0, 0.05) is 5.56 Å². The van der Waals surface area contributed by atoms with Gasteiger partial charge in [0.25, 0.3) is 0 Å². The first-order valence-electron chi connectivity index (χ1n) is 6.71. The maximum absolute atomic E-state index is 13.5. The van der Waals surface area contributed by atoms with Gasteiger partial charge in [-0.25, -0.2) is 26.7 Å². The van der Waals surface area contributed by atoms with Gasteiger partial charge in [-0.1, -0.05) is 6.07 Å². The molecule has 27 heavy (non-hydrogen) atoms. The summed E-state index contributed by atoms with van der Waals surface area (Å²) in [6, 6.07) is 2.18. The van der Waals surface area contributed by atoms with Crippen LogP contribution in [0.15, 0.2) is 23.4 Å². The van der Waals surface area contributed by atoms with E-state index >= 15 is 0 Å². The molecule has 0 spiro atoms. The van der Waals surface area contributed by atoms with E-state index in [1.165, 1.54) is 0 Å². The molecule has 0 unspecified atom stereocenters. The number of esters is 1.